The Hall–Kier alpha value is -0.770. The van der Waals surface area contributed by atoms with Gasteiger partial charge in [-0.15, -0.1) is 0 Å². The molecule has 1 aliphatic carbocycles. The first-order valence-electron chi connectivity index (χ1n) is 6.01. The maximum atomic E-state index is 11.8. The molecule has 4 nitrogen and oxygen atoms in total. The van der Waals surface area contributed by atoms with E-state index in [1.807, 2.05) is 11.9 Å². The number of carbonyl (C=O) groups is 1. The first-order valence-corrected chi connectivity index (χ1v) is 6.01. The van der Waals surface area contributed by atoms with Crippen LogP contribution in [0.25, 0.3) is 0 Å². The van der Waals surface area contributed by atoms with E-state index < -0.39 is 0 Å². The summed E-state index contributed by atoms with van der Waals surface area (Å²) >= 11 is 0. The van der Waals surface area contributed by atoms with Crippen molar-refractivity contribution in [3.05, 3.63) is 0 Å². The lowest BCUT2D eigenvalue weighted by Gasteiger charge is -2.27. The lowest BCUT2D eigenvalue weighted by Crippen LogP contribution is -2.44. The Morgan fingerprint density at radius 2 is 2.07 bits per heavy atom. The van der Waals surface area contributed by atoms with Crippen LogP contribution in [0.4, 0.5) is 4.79 Å². The quantitative estimate of drug-likeness (QED) is 0.713. The molecular formula is C11H21N3O. The summed E-state index contributed by atoms with van der Waals surface area (Å²) in [7, 11) is 1.92. The van der Waals surface area contributed by atoms with Gasteiger partial charge in [0.2, 0.25) is 0 Å². The lowest BCUT2D eigenvalue weighted by molar-refractivity contribution is 0.184. The largest absolute Gasteiger partial charge is 0.335 e. The zero-order valence-electron chi connectivity index (χ0n) is 9.46. The average molecular weight is 211 g/mol. The third-order valence-electron chi connectivity index (χ3n) is 3.32. The summed E-state index contributed by atoms with van der Waals surface area (Å²) in [6, 6.07) is 0.993. The molecule has 1 unspecified atom stereocenters. The van der Waals surface area contributed by atoms with Crippen molar-refractivity contribution in [2.45, 2.75) is 44.2 Å². The highest BCUT2D eigenvalue weighted by atomic mass is 16.2. The maximum Gasteiger partial charge on any atom is 0.317 e. The van der Waals surface area contributed by atoms with Gasteiger partial charge in [-0.05, 0) is 45.2 Å². The molecule has 86 valence electrons. The molecule has 1 saturated carbocycles. The van der Waals surface area contributed by atoms with Crippen molar-refractivity contribution in [2.75, 3.05) is 20.1 Å². The third kappa shape index (κ3) is 3.09. The van der Waals surface area contributed by atoms with Crippen LogP contribution >= 0.6 is 0 Å². The van der Waals surface area contributed by atoms with E-state index in [-0.39, 0.29) is 6.03 Å². The van der Waals surface area contributed by atoms with Crippen LogP contribution in [0, 0.1) is 0 Å². The smallest absolute Gasteiger partial charge is 0.317 e. The molecule has 15 heavy (non-hydrogen) atoms. The zero-order chi connectivity index (χ0) is 10.7. The minimum absolute atomic E-state index is 0.115. The lowest BCUT2D eigenvalue weighted by atomic mass is 10.1. The van der Waals surface area contributed by atoms with Crippen LogP contribution in [0.15, 0.2) is 0 Å². The van der Waals surface area contributed by atoms with Crippen LogP contribution in [0.5, 0.6) is 0 Å². The molecule has 0 radical (unpaired) electrons. The van der Waals surface area contributed by atoms with Crippen molar-refractivity contribution in [3.8, 4) is 0 Å². The second kappa shape index (κ2) is 4.84. The fraction of sp³-hybridized carbons (Fsp3) is 0.909. The normalized spacial score (nSPS) is 26.9. The first kappa shape index (κ1) is 10.7. The van der Waals surface area contributed by atoms with Crippen molar-refractivity contribution in [3.63, 3.8) is 0 Å². The number of rotatable bonds is 2. The van der Waals surface area contributed by atoms with Gasteiger partial charge < -0.3 is 15.5 Å². The summed E-state index contributed by atoms with van der Waals surface area (Å²) in [6.45, 7) is 2.13. The van der Waals surface area contributed by atoms with Gasteiger partial charge in [-0.25, -0.2) is 4.79 Å². The van der Waals surface area contributed by atoms with Crippen LogP contribution in [-0.2, 0) is 0 Å². The molecule has 2 amide bonds. The van der Waals surface area contributed by atoms with Crippen molar-refractivity contribution >= 4 is 6.03 Å². The predicted molar refractivity (Wildman–Crippen MR) is 59.8 cm³/mol. The van der Waals surface area contributed by atoms with E-state index >= 15 is 0 Å². The minimum atomic E-state index is 0.115. The Bertz CT molecular complexity index is 220. The highest BCUT2D eigenvalue weighted by molar-refractivity contribution is 5.74. The standard InChI is InChI=1S/C11H21N3O/c1-14(11(15)13-9-4-5-9)10-3-2-7-12-8-6-10/h9-10,12H,2-8H2,1H3,(H,13,15). The van der Waals surface area contributed by atoms with E-state index in [1.54, 1.807) is 0 Å². The third-order valence-corrected chi connectivity index (χ3v) is 3.32. The number of nitrogens with zero attached hydrogens (tertiary/aromatic N) is 1. The van der Waals surface area contributed by atoms with Gasteiger partial charge in [0.15, 0.2) is 0 Å². The topological polar surface area (TPSA) is 44.4 Å². The summed E-state index contributed by atoms with van der Waals surface area (Å²) in [5.74, 6) is 0. The Morgan fingerprint density at radius 1 is 1.27 bits per heavy atom. The van der Waals surface area contributed by atoms with Crippen LogP contribution in [-0.4, -0.2) is 43.2 Å². The van der Waals surface area contributed by atoms with E-state index in [0.29, 0.717) is 12.1 Å². The summed E-state index contributed by atoms with van der Waals surface area (Å²) in [4.78, 5) is 13.7. The molecule has 2 fully saturated rings. The van der Waals surface area contributed by atoms with Crippen LogP contribution in [0.3, 0.4) is 0 Å². The van der Waals surface area contributed by atoms with Crippen LogP contribution in [0.2, 0.25) is 0 Å². The SMILES string of the molecule is CN(C(=O)NC1CC1)C1CCCNCC1. The van der Waals surface area contributed by atoms with Crippen molar-refractivity contribution in [1.82, 2.24) is 15.5 Å². The Morgan fingerprint density at radius 3 is 2.80 bits per heavy atom. The molecule has 1 saturated heterocycles. The molecule has 4 heteroatoms. The van der Waals surface area contributed by atoms with Gasteiger partial charge in [-0.3, -0.25) is 0 Å². The molecule has 0 bridgehead atoms. The monoisotopic (exact) mass is 211 g/mol. The van der Waals surface area contributed by atoms with Crippen LogP contribution < -0.4 is 10.6 Å². The van der Waals surface area contributed by atoms with Gasteiger partial charge in [0.05, 0.1) is 0 Å². The number of nitrogens with one attached hydrogen (secondary N) is 2. The van der Waals surface area contributed by atoms with E-state index in [2.05, 4.69) is 10.6 Å². The van der Waals surface area contributed by atoms with Gasteiger partial charge in [-0.2, -0.15) is 0 Å². The Kier molecular flexibility index (Phi) is 3.46. The average Bonchev–Trinajstić information content (AvgIpc) is 3.01. The molecule has 1 heterocycles. The fourth-order valence-corrected chi connectivity index (χ4v) is 2.06. The van der Waals surface area contributed by atoms with Gasteiger partial charge in [0, 0.05) is 19.1 Å². The molecule has 1 aliphatic heterocycles. The molecule has 2 N–H and O–H groups in total. The van der Waals surface area contributed by atoms with Gasteiger partial charge in [0.1, 0.15) is 0 Å². The van der Waals surface area contributed by atoms with Gasteiger partial charge >= 0.3 is 6.03 Å². The molecule has 0 aromatic carbocycles. The summed E-state index contributed by atoms with van der Waals surface area (Å²) in [5.41, 5.74) is 0. The number of hydrogen-bond donors (Lipinski definition) is 2. The summed E-state index contributed by atoms with van der Waals surface area (Å²) in [6.07, 6.45) is 5.69. The van der Waals surface area contributed by atoms with Gasteiger partial charge in [0.25, 0.3) is 0 Å². The van der Waals surface area contributed by atoms with Crippen molar-refractivity contribution in [1.29, 1.82) is 0 Å². The van der Waals surface area contributed by atoms with E-state index in [1.165, 1.54) is 6.42 Å². The molecular weight excluding hydrogens is 190 g/mol. The van der Waals surface area contributed by atoms with Crippen molar-refractivity contribution < 1.29 is 4.79 Å². The molecule has 1 atom stereocenters. The second-order valence-electron chi connectivity index (χ2n) is 4.67. The fourth-order valence-electron chi connectivity index (χ4n) is 2.06. The summed E-state index contributed by atoms with van der Waals surface area (Å²) < 4.78 is 0. The van der Waals surface area contributed by atoms with E-state index in [4.69, 9.17) is 0 Å². The van der Waals surface area contributed by atoms with E-state index in [9.17, 15) is 4.79 Å². The molecule has 2 aliphatic rings. The second-order valence-corrected chi connectivity index (χ2v) is 4.67. The maximum absolute atomic E-state index is 11.8. The predicted octanol–water partition coefficient (Wildman–Crippen LogP) is 0.932. The number of hydrogen-bond acceptors (Lipinski definition) is 2. The molecule has 2 rings (SSSR count). The molecule has 0 spiro atoms. The summed E-state index contributed by atoms with van der Waals surface area (Å²) in [5, 5.41) is 6.40. The first-order chi connectivity index (χ1) is 7.27. The Labute approximate surface area is 91.4 Å². The minimum Gasteiger partial charge on any atom is -0.335 e. The van der Waals surface area contributed by atoms with Gasteiger partial charge in [-0.1, -0.05) is 0 Å². The highest BCUT2D eigenvalue weighted by Gasteiger charge is 2.27. The number of carbonyl (C=O) groups excluding carboxylic acids is 1. The zero-order valence-corrected chi connectivity index (χ0v) is 9.46. The molecule has 0 aromatic heterocycles. The van der Waals surface area contributed by atoms with E-state index in [0.717, 1.165) is 38.8 Å². The Balaban J connectivity index is 1.80. The highest BCUT2D eigenvalue weighted by Crippen LogP contribution is 2.20. The number of urea groups is 1. The van der Waals surface area contributed by atoms with Crippen molar-refractivity contribution in [2.24, 2.45) is 0 Å². The van der Waals surface area contributed by atoms with Crippen LogP contribution in [0.1, 0.15) is 32.1 Å². The molecule has 0 aromatic rings. The number of amides is 2.